The Hall–Kier alpha value is -4.33. The molecule has 0 saturated heterocycles. The maximum absolute atomic E-state index is 13.0. The van der Waals surface area contributed by atoms with Crippen molar-refractivity contribution in [1.82, 2.24) is 4.31 Å². The maximum Gasteiger partial charge on any atom is 0.330 e. The second-order valence-corrected chi connectivity index (χ2v) is 15.7. The Morgan fingerprint density at radius 3 is 2.56 bits per heavy atom. The van der Waals surface area contributed by atoms with Gasteiger partial charge in [-0.25, -0.2) is 13.2 Å². The zero-order valence-corrected chi connectivity index (χ0v) is 28.7. The molecule has 4 aromatic rings. The quantitative estimate of drug-likeness (QED) is 0.0668. The van der Waals surface area contributed by atoms with E-state index in [0.29, 0.717) is 34.4 Å². The Morgan fingerprint density at radius 1 is 1.15 bits per heavy atom. The molecule has 0 aliphatic carbocycles. The number of benzene rings is 3. The summed E-state index contributed by atoms with van der Waals surface area (Å²) in [7, 11) is -8.20. The van der Waals surface area contributed by atoms with Gasteiger partial charge in [-0.1, -0.05) is 47.2 Å². The van der Waals surface area contributed by atoms with Crippen molar-refractivity contribution in [2.45, 2.75) is 37.2 Å². The molecule has 0 bridgehead atoms. The molecule has 12 nitrogen and oxygen atoms in total. The monoisotopic (exact) mass is 729 g/mol. The van der Waals surface area contributed by atoms with Crippen LogP contribution in [0, 0.1) is 11.3 Å². The fourth-order valence-corrected chi connectivity index (χ4v) is 8.42. The van der Waals surface area contributed by atoms with E-state index >= 15 is 0 Å². The summed E-state index contributed by atoms with van der Waals surface area (Å²) in [5.41, 5.74) is 2.26. The summed E-state index contributed by atoms with van der Waals surface area (Å²) in [4.78, 5) is 27.0. The number of nitriles is 1. The van der Waals surface area contributed by atoms with Crippen LogP contribution in [0.15, 0.2) is 71.6 Å². The van der Waals surface area contributed by atoms with E-state index in [9.17, 15) is 31.7 Å². The molecule has 0 saturated carbocycles. The molecule has 1 aliphatic heterocycles. The predicted octanol–water partition coefficient (Wildman–Crippen LogP) is 4.74. The summed E-state index contributed by atoms with van der Waals surface area (Å²) in [6.07, 6.45) is 4.63. The van der Waals surface area contributed by atoms with Gasteiger partial charge >= 0.3 is 5.97 Å². The number of hydrogen-bond acceptors (Lipinski definition) is 10. The molecule has 0 radical (unpaired) electrons. The van der Waals surface area contributed by atoms with Crippen LogP contribution in [0.25, 0.3) is 22.4 Å². The molecule has 250 valence electrons. The highest BCUT2D eigenvalue weighted by Crippen LogP contribution is 2.30. The lowest BCUT2D eigenvalue weighted by Crippen LogP contribution is -2.42. The third-order valence-electron chi connectivity index (χ3n) is 7.66. The van der Waals surface area contributed by atoms with E-state index in [0.717, 1.165) is 20.8 Å². The highest BCUT2D eigenvalue weighted by molar-refractivity contribution is 7.90. The second kappa shape index (κ2) is 14.4. The molecule has 1 aliphatic rings. The topological polar surface area (TPSA) is 166 Å². The van der Waals surface area contributed by atoms with Crippen molar-refractivity contribution in [3.63, 3.8) is 0 Å². The molecule has 16 heteroatoms. The zero-order valence-electron chi connectivity index (χ0n) is 25.5. The van der Waals surface area contributed by atoms with Gasteiger partial charge in [-0.2, -0.15) is 22.6 Å². The Bertz CT molecular complexity index is 2160. The molecule has 5 rings (SSSR count). The minimum absolute atomic E-state index is 0.00378. The van der Waals surface area contributed by atoms with Crippen molar-refractivity contribution >= 4 is 83.0 Å². The van der Waals surface area contributed by atoms with E-state index in [1.165, 1.54) is 41.4 Å². The standard InChI is InChI=1S/C32H29ClN4O8S3/c1-22(32(39)45-21-37-31(38)26-6-2-3-7-29(26)48(37,43)44)35(18-16-34)25-12-8-23(9-13-25)10-15-30-36(17-4-5-19-47(40,41)42)27-20-24(33)11-14-28(27)46-30/h2-3,6-15,20,22H,4-5,17-19,21H2,1H3/p+1. The molecule has 3 aromatic carbocycles. The average molecular weight is 730 g/mol. The number of aryl methyl sites for hydroxylation is 1. The molecule has 1 unspecified atom stereocenters. The summed E-state index contributed by atoms with van der Waals surface area (Å²) in [5, 5.41) is 10.9. The Balaban J connectivity index is 1.28. The van der Waals surface area contributed by atoms with Gasteiger partial charge in [0.25, 0.3) is 31.1 Å². The van der Waals surface area contributed by atoms with Crippen LogP contribution in [0.5, 0.6) is 0 Å². The first kappa shape index (κ1) is 35.0. The number of halogens is 1. The van der Waals surface area contributed by atoms with Crippen molar-refractivity contribution in [1.29, 1.82) is 5.26 Å². The van der Waals surface area contributed by atoms with E-state index in [-0.39, 0.29) is 22.8 Å². The second-order valence-electron chi connectivity index (χ2n) is 10.8. The first-order chi connectivity index (χ1) is 22.8. The molecule has 1 atom stereocenters. The van der Waals surface area contributed by atoms with Gasteiger partial charge in [-0.3, -0.25) is 9.35 Å². The number of sulfonamides is 1. The SMILES string of the molecule is CC(C(=O)OCN1C(=O)c2ccccc2S1(=O)=O)N(CC#N)c1ccc(C=Cc2sc3ccc(Cl)cc3[n+]2CCCCS(=O)(=O)O)cc1. The van der Waals surface area contributed by atoms with Gasteiger partial charge in [-0.15, -0.1) is 0 Å². The maximum atomic E-state index is 13.0. The number of aromatic nitrogens is 1. The van der Waals surface area contributed by atoms with Crippen LogP contribution in [0.3, 0.4) is 0 Å². The Kier molecular flexibility index (Phi) is 10.5. The molecule has 48 heavy (non-hydrogen) atoms. The highest BCUT2D eigenvalue weighted by Gasteiger charge is 2.42. The number of anilines is 1. The largest absolute Gasteiger partial charge is 0.442 e. The van der Waals surface area contributed by atoms with Crippen molar-refractivity contribution < 1.29 is 40.3 Å². The van der Waals surface area contributed by atoms with Gasteiger partial charge in [0.05, 0.1) is 17.4 Å². The molecular weight excluding hydrogens is 700 g/mol. The number of amides is 1. The van der Waals surface area contributed by atoms with E-state index < -0.39 is 44.8 Å². The molecule has 2 heterocycles. The van der Waals surface area contributed by atoms with Crippen molar-refractivity contribution in [2.24, 2.45) is 0 Å². The number of ether oxygens (including phenoxy) is 1. The number of esters is 1. The van der Waals surface area contributed by atoms with E-state index in [2.05, 4.69) is 0 Å². The minimum atomic E-state index is -4.16. The summed E-state index contributed by atoms with van der Waals surface area (Å²) in [6, 6.07) is 19.4. The number of unbranched alkanes of at least 4 members (excludes halogenated alkanes) is 1. The first-order valence-corrected chi connectivity index (χ1v) is 18.9. The van der Waals surface area contributed by atoms with Gasteiger partial charge in [0.1, 0.15) is 22.2 Å². The fourth-order valence-electron chi connectivity index (χ4n) is 5.18. The number of thiazole rings is 1. The van der Waals surface area contributed by atoms with E-state index in [4.69, 9.17) is 20.9 Å². The third-order valence-corrected chi connectivity index (χ3v) is 11.6. The lowest BCUT2D eigenvalue weighted by atomic mass is 10.1. The van der Waals surface area contributed by atoms with Crippen molar-refractivity contribution in [3.8, 4) is 6.07 Å². The van der Waals surface area contributed by atoms with Crippen molar-refractivity contribution in [3.05, 3.63) is 87.9 Å². The van der Waals surface area contributed by atoms with Crippen LogP contribution in [0.4, 0.5) is 5.69 Å². The minimum Gasteiger partial charge on any atom is -0.442 e. The molecule has 1 aromatic heterocycles. The van der Waals surface area contributed by atoms with Crippen LogP contribution in [0.1, 0.15) is 40.7 Å². The fraction of sp³-hybridized carbons (Fsp3) is 0.250. The van der Waals surface area contributed by atoms with Crippen LogP contribution in [0.2, 0.25) is 5.02 Å². The van der Waals surface area contributed by atoms with Crippen LogP contribution < -0.4 is 9.47 Å². The summed E-state index contributed by atoms with van der Waals surface area (Å²) < 4.78 is 65.8. The molecule has 0 spiro atoms. The molecule has 0 fully saturated rings. The van der Waals surface area contributed by atoms with Gasteiger partial charge < -0.3 is 9.64 Å². The number of carbonyl (C=O) groups excluding carboxylic acids is 2. The third kappa shape index (κ3) is 7.69. The normalized spacial score (nSPS) is 14.6. The summed E-state index contributed by atoms with van der Waals surface area (Å²) >= 11 is 7.79. The van der Waals surface area contributed by atoms with Gasteiger partial charge in [0.2, 0.25) is 5.52 Å². The van der Waals surface area contributed by atoms with Crippen molar-refractivity contribution in [2.75, 3.05) is 23.9 Å². The van der Waals surface area contributed by atoms with Crippen LogP contribution in [-0.2, 0) is 36.2 Å². The lowest BCUT2D eigenvalue weighted by Gasteiger charge is -2.28. The number of carbonyl (C=O) groups is 2. The average Bonchev–Trinajstić information content (AvgIpc) is 3.49. The number of hydrogen-bond donors (Lipinski definition) is 1. The van der Waals surface area contributed by atoms with Crippen LogP contribution in [-0.4, -0.2) is 62.6 Å². The van der Waals surface area contributed by atoms with Gasteiger partial charge in [0.15, 0.2) is 13.3 Å². The van der Waals surface area contributed by atoms with Gasteiger partial charge in [-0.05, 0) is 61.4 Å². The first-order valence-electron chi connectivity index (χ1n) is 14.6. The Morgan fingerprint density at radius 2 is 1.88 bits per heavy atom. The van der Waals surface area contributed by atoms with E-state index in [1.807, 2.05) is 47.1 Å². The summed E-state index contributed by atoms with van der Waals surface area (Å²) in [6.45, 7) is 1.06. The molecular formula is C32H30ClN4O8S3+. The number of fused-ring (bicyclic) bond motifs is 2. The highest BCUT2D eigenvalue weighted by atomic mass is 35.5. The summed E-state index contributed by atoms with van der Waals surface area (Å²) in [5.74, 6) is -1.92. The van der Waals surface area contributed by atoms with Crippen LogP contribution >= 0.6 is 22.9 Å². The van der Waals surface area contributed by atoms with Gasteiger partial charge in [0, 0.05) is 29.3 Å². The molecule has 1 N–H and O–H groups in total. The number of rotatable bonds is 13. The zero-order chi connectivity index (χ0) is 34.6. The predicted molar refractivity (Wildman–Crippen MR) is 181 cm³/mol. The van der Waals surface area contributed by atoms with E-state index in [1.54, 1.807) is 24.3 Å². The molecule has 1 amide bonds. The lowest BCUT2D eigenvalue weighted by molar-refractivity contribution is -0.669. The number of nitrogens with zero attached hydrogens (tertiary/aromatic N) is 4. The smallest absolute Gasteiger partial charge is 0.330 e. The Labute approximate surface area is 286 Å².